The molecule has 4 heteroatoms. The van der Waals surface area contributed by atoms with Gasteiger partial charge in [-0.3, -0.25) is 4.79 Å². The van der Waals surface area contributed by atoms with Crippen LogP contribution in [0, 0.1) is 5.92 Å². The van der Waals surface area contributed by atoms with E-state index in [2.05, 4.69) is 11.4 Å². The first kappa shape index (κ1) is 15.9. The first-order valence-electron chi connectivity index (χ1n) is 7.85. The molecule has 1 saturated carbocycles. The summed E-state index contributed by atoms with van der Waals surface area (Å²) in [6, 6.07) is 7.86. The van der Waals surface area contributed by atoms with Crippen molar-refractivity contribution in [2.24, 2.45) is 5.92 Å². The number of halogens is 1. The van der Waals surface area contributed by atoms with Gasteiger partial charge in [-0.25, -0.2) is 0 Å². The quantitative estimate of drug-likeness (QED) is 0.850. The molecule has 0 radical (unpaired) electrons. The van der Waals surface area contributed by atoms with Gasteiger partial charge >= 0.3 is 0 Å². The zero-order valence-electron chi connectivity index (χ0n) is 13.1. The van der Waals surface area contributed by atoms with Gasteiger partial charge < -0.3 is 10.1 Å². The van der Waals surface area contributed by atoms with Crippen LogP contribution in [-0.2, 0) is 4.79 Å². The second-order valence-corrected chi connectivity index (χ2v) is 6.38. The van der Waals surface area contributed by atoms with E-state index in [9.17, 15) is 4.79 Å². The van der Waals surface area contributed by atoms with Gasteiger partial charge in [0.05, 0.1) is 12.5 Å². The van der Waals surface area contributed by atoms with Gasteiger partial charge in [-0.1, -0.05) is 18.6 Å². The van der Waals surface area contributed by atoms with Gasteiger partial charge in [0, 0.05) is 17.8 Å². The summed E-state index contributed by atoms with van der Waals surface area (Å²) in [5.41, 5.74) is 3.08. The molecule has 3 rings (SSSR count). The highest BCUT2D eigenvalue weighted by Gasteiger charge is 2.31. The summed E-state index contributed by atoms with van der Waals surface area (Å²) in [5, 5.41) is 2.88. The Morgan fingerprint density at radius 2 is 2.04 bits per heavy atom. The van der Waals surface area contributed by atoms with E-state index in [1.807, 2.05) is 42.6 Å². The van der Waals surface area contributed by atoms with Crippen LogP contribution < -0.4 is 10.1 Å². The number of carbonyl (C=O) groups is 1. The van der Waals surface area contributed by atoms with Crippen LogP contribution in [0.1, 0.15) is 24.8 Å². The van der Waals surface area contributed by atoms with Crippen LogP contribution in [0.4, 0.5) is 0 Å². The molecule has 1 aromatic carbocycles. The number of dihydropyridines is 1. The molecule has 2 aliphatic rings. The maximum absolute atomic E-state index is 12.3. The number of rotatable bonds is 3. The van der Waals surface area contributed by atoms with Gasteiger partial charge in [-0.15, -0.1) is 11.6 Å². The lowest BCUT2D eigenvalue weighted by molar-refractivity contribution is -0.122. The maximum Gasteiger partial charge on any atom is 0.158 e. The fraction of sp³-hybridized carbons (Fsp3) is 0.316. The fourth-order valence-corrected chi connectivity index (χ4v) is 3.32. The number of Topliss-reactive ketones (excluding diaryl/α,β-unsaturated/α-hetero) is 1. The van der Waals surface area contributed by atoms with Gasteiger partial charge in [0.15, 0.2) is 5.78 Å². The van der Waals surface area contributed by atoms with E-state index >= 15 is 0 Å². The van der Waals surface area contributed by atoms with Crippen molar-refractivity contribution in [3.8, 4) is 5.75 Å². The zero-order valence-corrected chi connectivity index (χ0v) is 13.8. The van der Waals surface area contributed by atoms with E-state index in [0.717, 1.165) is 41.8 Å². The monoisotopic (exact) mass is 329 g/mol. The number of benzene rings is 1. The van der Waals surface area contributed by atoms with Crippen LogP contribution in [0.5, 0.6) is 5.75 Å². The molecule has 0 amide bonds. The first-order valence-corrected chi connectivity index (χ1v) is 8.29. The molecule has 1 aliphatic carbocycles. The average Bonchev–Trinajstić information content (AvgIpc) is 2.58. The molecule has 2 atom stereocenters. The number of ether oxygens (including phenoxy) is 1. The Kier molecular flexibility index (Phi) is 4.87. The minimum absolute atomic E-state index is 0.0798. The molecule has 1 N–H and O–H groups in total. The lowest BCUT2D eigenvalue weighted by Gasteiger charge is -2.26. The Morgan fingerprint density at radius 1 is 1.26 bits per heavy atom. The molecule has 1 aliphatic heterocycles. The number of methoxy groups -OCH3 is 1. The van der Waals surface area contributed by atoms with Crippen LogP contribution in [0.15, 0.2) is 53.9 Å². The fourth-order valence-electron chi connectivity index (χ4n) is 3.02. The Bertz CT molecular complexity index is 673. The Labute approximate surface area is 141 Å². The molecule has 1 heterocycles. The summed E-state index contributed by atoms with van der Waals surface area (Å²) in [5.74, 6) is 0.907. The predicted octanol–water partition coefficient (Wildman–Crippen LogP) is 4.06. The molecule has 0 spiro atoms. The molecule has 120 valence electrons. The summed E-state index contributed by atoms with van der Waals surface area (Å²) < 4.78 is 5.17. The van der Waals surface area contributed by atoms with Crippen molar-refractivity contribution < 1.29 is 9.53 Å². The van der Waals surface area contributed by atoms with Crippen LogP contribution >= 0.6 is 11.6 Å². The summed E-state index contributed by atoms with van der Waals surface area (Å²) in [4.78, 5) is 12.3. The van der Waals surface area contributed by atoms with Crippen molar-refractivity contribution in [3.63, 3.8) is 0 Å². The van der Waals surface area contributed by atoms with Crippen molar-refractivity contribution in [2.45, 2.75) is 24.6 Å². The van der Waals surface area contributed by atoms with Gasteiger partial charge in [0.2, 0.25) is 0 Å². The van der Waals surface area contributed by atoms with Crippen LogP contribution in [0.3, 0.4) is 0 Å². The molecular formula is C19H20ClNO2. The molecule has 0 bridgehead atoms. The number of nitrogens with one attached hydrogen (secondary N) is 1. The van der Waals surface area contributed by atoms with Gasteiger partial charge in [-0.05, 0) is 54.3 Å². The third kappa shape index (κ3) is 3.67. The third-order valence-corrected chi connectivity index (χ3v) is 4.72. The highest BCUT2D eigenvalue weighted by atomic mass is 35.5. The standard InChI is InChI=1S/C19H20ClNO2/c1-23-16-7-5-13(6-8-16)11-15-12-14(9-10-21-15)17-3-2-4-18(20)19(17)22/h5-12,17-18,21H,2-4H2,1H3. The normalized spacial score (nSPS) is 25.9. The van der Waals surface area contributed by atoms with E-state index in [1.165, 1.54) is 0 Å². The Hall–Kier alpha value is -2.00. The molecular weight excluding hydrogens is 310 g/mol. The zero-order chi connectivity index (χ0) is 16.2. The molecule has 0 aromatic heterocycles. The highest BCUT2D eigenvalue weighted by Crippen LogP contribution is 2.32. The predicted molar refractivity (Wildman–Crippen MR) is 93.3 cm³/mol. The lowest BCUT2D eigenvalue weighted by atomic mass is 9.81. The van der Waals surface area contributed by atoms with Gasteiger partial charge in [0.1, 0.15) is 5.75 Å². The van der Waals surface area contributed by atoms with Crippen molar-refractivity contribution in [1.29, 1.82) is 0 Å². The van der Waals surface area contributed by atoms with Crippen molar-refractivity contribution in [3.05, 3.63) is 59.5 Å². The summed E-state index contributed by atoms with van der Waals surface area (Å²) in [6.07, 6.45) is 10.6. The molecule has 0 saturated heterocycles. The van der Waals surface area contributed by atoms with Crippen LogP contribution in [0.25, 0.3) is 6.08 Å². The van der Waals surface area contributed by atoms with Crippen molar-refractivity contribution >= 4 is 23.5 Å². The smallest absolute Gasteiger partial charge is 0.158 e. The number of allylic oxidation sites excluding steroid dienone is 3. The minimum atomic E-state index is -0.341. The Morgan fingerprint density at radius 3 is 2.78 bits per heavy atom. The van der Waals surface area contributed by atoms with E-state index in [1.54, 1.807) is 7.11 Å². The van der Waals surface area contributed by atoms with Crippen molar-refractivity contribution in [1.82, 2.24) is 5.32 Å². The lowest BCUT2D eigenvalue weighted by Crippen LogP contribution is -2.30. The number of hydrogen-bond donors (Lipinski definition) is 1. The third-order valence-electron chi connectivity index (χ3n) is 4.29. The summed E-state index contributed by atoms with van der Waals surface area (Å²) in [6.45, 7) is 0. The minimum Gasteiger partial charge on any atom is -0.497 e. The maximum atomic E-state index is 12.3. The Balaban J connectivity index is 1.81. The molecule has 2 unspecified atom stereocenters. The SMILES string of the molecule is COc1ccc(C=C2C=C(C3CCCC(Cl)C3=O)C=CN2)cc1. The molecule has 3 nitrogen and oxygen atoms in total. The number of hydrogen-bond acceptors (Lipinski definition) is 3. The topological polar surface area (TPSA) is 38.3 Å². The van der Waals surface area contributed by atoms with Crippen LogP contribution in [-0.4, -0.2) is 18.3 Å². The second-order valence-electron chi connectivity index (χ2n) is 5.85. The van der Waals surface area contributed by atoms with Gasteiger partial charge in [-0.2, -0.15) is 0 Å². The largest absolute Gasteiger partial charge is 0.497 e. The number of ketones is 1. The molecule has 1 aromatic rings. The first-order chi connectivity index (χ1) is 11.2. The van der Waals surface area contributed by atoms with E-state index in [0.29, 0.717) is 0 Å². The van der Waals surface area contributed by atoms with E-state index < -0.39 is 0 Å². The number of alkyl halides is 1. The molecule has 1 fully saturated rings. The highest BCUT2D eigenvalue weighted by molar-refractivity contribution is 6.31. The van der Waals surface area contributed by atoms with E-state index in [-0.39, 0.29) is 17.1 Å². The number of carbonyl (C=O) groups excluding carboxylic acids is 1. The second kappa shape index (κ2) is 7.05. The van der Waals surface area contributed by atoms with E-state index in [4.69, 9.17) is 16.3 Å². The molecule has 23 heavy (non-hydrogen) atoms. The average molecular weight is 330 g/mol. The summed E-state index contributed by atoms with van der Waals surface area (Å²) in [7, 11) is 1.65. The van der Waals surface area contributed by atoms with Crippen molar-refractivity contribution in [2.75, 3.05) is 7.11 Å². The summed E-state index contributed by atoms with van der Waals surface area (Å²) >= 11 is 6.13. The van der Waals surface area contributed by atoms with Gasteiger partial charge in [0.25, 0.3) is 0 Å². The van der Waals surface area contributed by atoms with Crippen LogP contribution in [0.2, 0.25) is 0 Å².